The normalized spacial score (nSPS) is 15.4. The Morgan fingerprint density at radius 3 is 2.58 bits per heavy atom. The van der Waals surface area contributed by atoms with Gasteiger partial charge in [-0.05, 0) is 47.7 Å². The Kier molecular flexibility index (Phi) is 5.35. The van der Waals surface area contributed by atoms with Crippen LogP contribution in [0.3, 0.4) is 0 Å². The third-order valence-electron chi connectivity index (χ3n) is 3.43. The summed E-state index contributed by atoms with van der Waals surface area (Å²) in [5, 5.41) is 7.97. The highest BCUT2D eigenvalue weighted by Gasteiger charge is 2.36. The van der Waals surface area contributed by atoms with Crippen LogP contribution in [0.25, 0.3) is 6.08 Å². The molecule has 1 heterocycles. The minimum atomic E-state index is -0.841. The zero-order valence-corrected chi connectivity index (χ0v) is 14.2. The summed E-state index contributed by atoms with van der Waals surface area (Å²) in [6.07, 6.45) is 1.56. The average Bonchev–Trinajstić information content (AvgIpc) is 2.90. The first kappa shape index (κ1) is 17.7. The van der Waals surface area contributed by atoms with Gasteiger partial charge in [0.2, 0.25) is 0 Å². The van der Waals surface area contributed by atoms with E-state index in [0.29, 0.717) is 17.1 Å². The molecule has 0 bridgehead atoms. The van der Waals surface area contributed by atoms with Gasteiger partial charge in [-0.15, -0.1) is 0 Å². The van der Waals surface area contributed by atoms with Crippen LogP contribution in [-0.2, 0) is 9.59 Å². The monoisotopic (exact) mass is 370 g/mol. The molecular weight excluding hydrogens is 356 g/mol. The number of carbonyl (C=O) groups excluding carboxylic acids is 3. The maximum atomic E-state index is 12.3. The lowest BCUT2D eigenvalue weighted by Crippen LogP contribution is -2.38. The third kappa shape index (κ3) is 4.11. The van der Waals surface area contributed by atoms with Gasteiger partial charge in [0.1, 0.15) is 18.0 Å². The van der Waals surface area contributed by atoms with Crippen molar-refractivity contribution in [1.29, 1.82) is 0 Å². The molecule has 1 saturated heterocycles. The first-order valence-electron chi connectivity index (χ1n) is 7.58. The summed E-state index contributed by atoms with van der Waals surface area (Å²) in [5.41, 5.74) is 2.07. The van der Waals surface area contributed by atoms with Gasteiger partial charge in [-0.25, -0.2) is 5.48 Å². The van der Waals surface area contributed by atoms with E-state index in [1.807, 2.05) is 30.3 Å². The SMILES string of the molecule is O=C(CN1C(=O)S/C(=C\c2cccc(Oc3ccccc3)c2)C1=O)NO. The van der Waals surface area contributed by atoms with E-state index in [2.05, 4.69) is 0 Å². The standard InChI is InChI=1S/C18H14N2O5S/c21-16(19-24)11-20-17(22)15(26-18(20)23)10-12-5-4-8-14(9-12)25-13-6-2-1-3-7-13/h1-10,24H,11H2,(H,19,21)/b15-10-. The molecule has 3 amide bonds. The summed E-state index contributed by atoms with van der Waals surface area (Å²) in [6.45, 7) is -0.532. The van der Waals surface area contributed by atoms with E-state index < -0.39 is 23.6 Å². The van der Waals surface area contributed by atoms with Gasteiger partial charge in [0, 0.05) is 0 Å². The Balaban J connectivity index is 1.77. The fourth-order valence-corrected chi connectivity index (χ4v) is 3.10. The molecule has 26 heavy (non-hydrogen) atoms. The molecule has 2 N–H and O–H groups in total. The van der Waals surface area contributed by atoms with Gasteiger partial charge in [0.15, 0.2) is 0 Å². The molecule has 0 unspecified atom stereocenters. The number of benzene rings is 2. The second kappa shape index (κ2) is 7.85. The predicted octanol–water partition coefficient (Wildman–Crippen LogP) is 3.02. The lowest BCUT2D eigenvalue weighted by molar-refractivity contribution is -0.134. The number of carbonyl (C=O) groups is 3. The van der Waals surface area contributed by atoms with Crippen molar-refractivity contribution >= 4 is 34.9 Å². The molecule has 2 aromatic carbocycles. The summed E-state index contributed by atoms with van der Waals surface area (Å²) < 4.78 is 5.74. The molecule has 0 spiro atoms. The number of hydrogen-bond acceptors (Lipinski definition) is 6. The van der Waals surface area contributed by atoms with Crippen LogP contribution in [0.4, 0.5) is 4.79 Å². The summed E-state index contributed by atoms with van der Waals surface area (Å²) in [5.74, 6) is -0.159. The van der Waals surface area contributed by atoms with Gasteiger partial charge in [0.25, 0.3) is 17.1 Å². The number of hydrogen-bond donors (Lipinski definition) is 2. The molecule has 0 atom stereocenters. The number of thioether (sulfide) groups is 1. The number of amides is 3. The highest BCUT2D eigenvalue weighted by Crippen LogP contribution is 2.32. The number of para-hydroxylation sites is 1. The lowest BCUT2D eigenvalue weighted by Gasteiger charge is -2.09. The third-order valence-corrected chi connectivity index (χ3v) is 4.34. The van der Waals surface area contributed by atoms with E-state index in [1.165, 1.54) is 5.48 Å². The second-order valence-electron chi connectivity index (χ2n) is 5.29. The van der Waals surface area contributed by atoms with Crippen molar-refractivity contribution in [3.8, 4) is 11.5 Å². The van der Waals surface area contributed by atoms with Crippen LogP contribution in [0.1, 0.15) is 5.56 Å². The zero-order chi connectivity index (χ0) is 18.5. The van der Waals surface area contributed by atoms with Crippen molar-refractivity contribution in [2.45, 2.75) is 0 Å². The Bertz CT molecular complexity index is 882. The molecule has 8 heteroatoms. The molecular formula is C18H14N2O5S. The number of ether oxygens (including phenoxy) is 1. The summed E-state index contributed by atoms with van der Waals surface area (Å²) in [7, 11) is 0. The summed E-state index contributed by atoms with van der Waals surface area (Å²) >= 11 is 0.735. The fourth-order valence-electron chi connectivity index (χ4n) is 2.26. The van der Waals surface area contributed by atoms with Crippen molar-refractivity contribution in [3.05, 3.63) is 65.1 Å². The molecule has 0 aromatic heterocycles. The van der Waals surface area contributed by atoms with Crippen LogP contribution >= 0.6 is 11.8 Å². The number of rotatable bonds is 5. The zero-order valence-electron chi connectivity index (χ0n) is 13.4. The van der Waals surface area contributed by atoms with Gasteiger partial charge in [0.05, 0.1) is 4.91 Å². The average molecular weight is 370 g/mol. The van der Waals surface area contributed by atoms with Crippen molar-refractivity contribution in [2.24, 2.45) is 0 Å². The van der Waals surface area contributed by atoms with Crippen molar-refractivity contribution in [1.82, 2.24) is 10.4 Å². The predicted molar refractivity (Wildman–Crippen MR) is 95.6 cm³/mol. The minimum Gasteiger partial charge on any atom is -0.457 e. The molecule has 0 saturated carbocycles. The largest absolute Gasteiger partial charge is 0.457 e. The molecule has 3 rings (SSSR count). The van der Waals surface area contributed by atoms with E-state index in [-0.39, 0.29) is 4.91 Å². The summed E-state index contributed by atoms with van der Waals surface area (Å²) in [4.78, 5) is 36.3. The Labute approximate surface area is 153 Å². The molecule has 1 fully saturated rings. The Hall–Kier alpha value is -3.10. The van der Waals surface area contributed by atoms with Crippen LogP contribution < -0.4 is 10.2 Å². The Morgan fingerprint density at radius 1 is 1.12 bits per heavy atom. The van der Waals surface area contributed by atoms with Gasteiger partial charge >= 0.3 is 0 Å². The maximum absolute atomic E-state index is 12.3. The molecule has 2 aromatic rings. The van der Waals surface area contributed by atoms with Gasteiger partial charge in [-0.2, -0.15) is 0 Å². The Morgan fingerprint density at radius 2 is 1.85 bits per heavy atom. The van der Waals surface area contributed by atoms with Gasteiger partial charge in [-0.3, -0.25) is 24.5 Å². The van der Waals surface area contributed by atoms with Gasteiger partial charge in [-0.1, -0.05) is 30.3 Å². The summed E-state index contributed by atoms with van der Waals surface area (Å²) in [6, 6.07) is 16.3. The number of nitrogens with zero attached hydrogens (tertiary/aromatic N) is 1. The van der Waals surface area contributed by atoms with Crippen molar-refractivity contribution < 1.29 is 24.3 Å². The van der Waals surface area contributed by atoms with E-state index in [9.17, 15) is 14.4 Å². The highest BCUT2D eigenvalue weighted by atomic mass is 32.2. The smallest absolute Gasteiger partial charge is 0.294 e. The first-order valence-corrected chi connectivity index (χ1v) is 8.40. The van der Waals surface area contributed by atoms with E-state index in [1.54, 1.807) is 30.3 Å². The van der Waals surface area contributed by atoms with Crippen LogP contribution in [-0.4, -0.2) is 33.7 Å². The minimum absolute atomic E-state index is 0.192. The highest BCUT2D eigenvalue weighted by molar-refractivity contribution is 8.18. The number of nitrogens with one attached hydrogen (secondary N) is 1. The molecule has 1 aliphatic heterocycles. The first-order chi connectivity index (χ1) is 12.6. The van der Waals surface area contributed by atoms with Crippen LogP contribution in [0.2, 0.25) is 0 Å². The van der Waals surface area contributed by atoms with Crippen molar-refractivity contribution in [2.75, 3.05) is 6.54 Å². The lowest BCUT2D eigenvalue weighted by atomic mass is 10.2. The van der Waals surface area contributed by atoms with Crippen LogP contribution in [0.15, 0.2) is 59.5 Å². The molecule has 0 aliphatic carbocycles. The van der Waals surface area contributed by atoms with E-state index in [4.69, 9.17) is 9.94 Å². The number of hydroxylamine groups is 1. The van der Waals surface area contributed by atoms with Gasteiger partial charge < -0.3 is 4.74 Å². The van der Waals surface area contributed by atoms with Crippen molar-refractivity contribution in [3.63, 3.8) is 0 Å². The quantitative estimate of drug-likeness (QED) is 0.477. The van der Waals surface area contributed by atoms with Crippen LogP contribution in [0.5, 0.6) is 11.5 Å². The molecule has 132 valence electrons. The molecule has 7 nitrogen and oxygen atoms in total. The number of imide groups is 1. The molecule has 1 aliphatic rings. The molecule has 0 radical (unpaired) electrons. The maximum Gasteiger partial charge on any atom is 0.294 e. The van der Waals surface area contributed by atoms with E-state index >= 15 is 0 Å². The van der Waals surface area contributed by atoms with Crippen LogP contribution in [0, 0.1) is 0 Å². The van der Waals surface area contributed by atoms with E-state index in [0.717, 1.165) is 16.7 Å². The fraction of sp³-hybridized carbons (Fsp3) is 0.0556. The topological polar surface area (TPSA) is 95.9 Å². The second-order valence-corrected chi connectivity index (χ2v) is 6.28.